The lowest BCUT2D eigenvalue weighted by Crippen LogP contribution is -2.44. The molecule has 1 fully saturated rings. The molecule has 0 aliphatic carbocycles. The normalized spacial score (nSPS) is 14.3. The highest BCUT2D eigenvalue weighted by molar-refractivity contribution is 6.31. The Morgan fingerprint density at radius 2 is 1.97 bits per heavy atom. The molecule has 4 N–H and O–H groups in total. The first-order valence-corrected chi connectivity index (χ1v) is 12.7. The Kier molecular flexibility index (Phi) is 9.39. The lowest BCUT2D eigenvalue weighted by Gasteiger charge is -2.25. The maximum absolute atomic E-state index is 14.5. The van der Waals surface area contributed by atoms with Crippen molar-refractivity contribution in [2.45, 2.75) is 31.7 Å². The van der Waals surface area contributed by atoms with Crippen LogP contribution in [-0.2, 0) is 9.53 Å². The van der Waals surface area contributed by atoms with E-state index in [1.54, 1.807) is 12.1 Å². The standard InChI is InChI=1S/C25H28ClFN8O4/c1-39-25(38)32-20-6-4-17(13-19(20)27)30-24(37)21(5-2-15-8-10-28-11-9-15)31-23(36)18-12-16(26)3-7-22(18)35-14-29-33-34-35/h3-4,6-7,12-15,21,28H,2,5,8-11H2,1H3,(H,30,37)(H,31,36)(H,32,38)/t21-/m0/s1. The monoisotopic (exact) mass is 558 g/mol. The van der Waals surface area contributed by atoms with Gasteiger partial charge in [-0.15, -0.1) is 5.10 Å². The number of aromatic nitrogens is 4. The van der Waals surface area contributed by atoms with Gasteiger partial charge in [-0.3, -0.25) is 14.9 Å². The summed E-state index contributed by atoms with van der Waals surface area (Å²) in [6.07, 6.45) is 3.54. The number of hydrogen-bond acceptors (Lipinski definition) is 8. The molecule has 3 aromatic rings. The summed E-state index contributed by atoms with van der Waals surface area (Å²) in [6.45, 7) is 1.80. The number of piperidine rings is 1. The summed E-state index contributed by atoms with van der Waals surface area (Å²) >= 11 is 6.16. The molecular formula is C25H28ClFN8O4. The number of methoxy groups -OCH3 is 1. The molecule has 1 aromatic heterocycles. The van der Waals surface area contributed by atoms with E-state index in [0.29, 0.717) is 29.5 Å². The van der Waals surface area contributed by atoms with Crippen molar-refractivity contribution >= 4 is 40.9 Å². The van der Waals surface area contributed by atoms with Crippen molar-refractivity contribution in [3.05, 3.63) is 59.1 Å². The molecule has 1 aliphatic rings. The van der Waals surface area contributed by atoms with Crippen molar-refractivity contribution in [3.63, 3.8) is 0 Å². The van der Waals surface area contributed by atoms with Crippen molar-refractivity contribution < 1.29 is 23.5 Å². The number of amides is 3. The fourth-order valence-electron chi connectivity index (χ4n) is 4.32. The summed E-state index contributed by atoms with van der Waals surface area (Å²) in [7, 11) is 1.16. The molecule has 2 aromatic carbocycles. The van der Waals surface area contributed by atoms with Crippen LogP contribution in [0.3, 0.4) is 0 Å². The van der Waals surface area contributed by atoms with E-state index in [1.807, 2.05) is 0 Å². The van der Waals surface area contributed by atoms with Gasteiger partial charge in [-0.05, 0) is 91.5 Å². The van der Waals surface area contributed by atoms with E-state index in [-0.39, 0.29) is 16.9 Å². The van der Waals surface area contributed by atoms with Gasteiger partial charge in [0.05, 0.1) is 24.0 Å². The lowest BCUT2D eigenvalue weighted by atomic mass is 9.91. The Bertz CT molecular complexity index is 1320. The second-order valence-electron chi connectivity index (χ2n) is 9.01. The van der Waals surface area contributed by atoms with Crippen LogP contribution in [0.25, 0.3) is 5.69 Å². The summed E-state index contributed by atoms with van der Waals surface area (Å²) in [4.78, 5) is 38.1. The predicted octanol–water partition coefficient (Wildman–Crippen LogP) is 3.15. The quantitative estimate of drug-likeness (QED) is 0.312. The first-order valence-electron chi connectivity index (χ1n) is 12.3. The van der Waals surface area contributed by atoms with Crippen LogP contribution in [0.5, 0.6) is 0 Å². The number of tetrazole rings is 1. The van der Waals surface area contributed by atoms with E-state index >= 15 is 0 Å². The second kappa shape index (κ2) is 13.1. The number of benzene rings is 2. The summed E-state index contributed by atoms with van der Waals surface area (Å²) in [5, 5.41) is 22.4. The highest BCUT2D eigenvalue weighted by atomic mass is 35.5. The number of halogens is 2. The van der Waals surface area contributed by atoms with Gasteiger partial charge in [0.25, 0.3) is 5.91 Å². The molecule has 12 nitrogen and oxygen atoms in total. The van der Waals surface area contributed by atoms with E-state index in [4.69, 9.17) is 11.6 Å². The van der Waals surface area contributed by atoms with Crippen molar-refractivity contribution in [2.24, 2.45) is 5.92 Å². The van der Waals surface area contributed by atoms with E-state index in [9.17, 15) is 18.8 Å². The van der Waals surface area contributed by atoms with Crippen LogP contribution in [0, 0.1) is 11.7 Å². The number of ether oxygens (including phenoxy) is 1. The molecule has 1 aliphatic heterocycles. The van der Waals surface area contributed by atoms with E-state index < -0.39 is 29.8 Å². The zero-order chi connectivity index (χ0) is 27.8. The lowest BCUT2D eigenvalue weighted by molar-refractivity contribution is -0.118. The van der Waals surface area contributed by atoms with E-state index in [1.165, 1.54) is 29.2 Å². The Morgan fingerprint density at radius 3 is 2.67 bits per heavy atom. The van der Waals surface area contributed by atoms with Gasteiger partial charge in [-0.1, -0.05) is 11.6 Å². The SMILES string of the molecule is COC(=O)Nc1ccc(NC(=O)[C@H](CCC2CCNCC2)NC(=O)c2cc(Cl)ccc2-n2cnnn2)cc1F. The molecule has 1 saturated heterocycles. The first kappa shape index (κ1) is 27.9. The smallest absolute Gasteiger partial charge is 0.411 e. The highest BCUT2D eigenvalue weighted by Crippen LogP contribution is 2.23. The molecule has 1 atom stereocenters. The predicted molar refractivity (Wildman–Crippen MR) is 141 cm³/mol. The number of anilines is 2. The number of nitrogens with one attached hydrogen (secondary N) is 4. The minimum Gasteiger partial charge on any atom is -0.453 e. The zero-order valence-electron chi connectivity index (χ0n) is 21.1. The van der Waals surface area contributed by atoms with Gasteiger partial charge >= 0.3 is 6.09 Å². The van der Waals surface area contributed by atoms with Crippen LogP contribution < -0.4 is 21.3 Å². The van der Waals surface area contributed by atoms with Crippen LogP contribution in [0.15, 0.2) is 42.7 Å². The first-order chi connectivity index (χ1) is 18.8. The molecule has 0 unspecified atom stereocenters. The van der Waals surface area contributed by atoms with Gasteiger partial charge in [0, 0.05) is 10.7 Å². The Balaban J connectivity index is 1.53. The molecule has 0 spiro atoms. The molecular weight excluding hydrogens is 531 g/mol. The van der Waals surface area contributed by atoms with E-state index in [0.717, 1.165) is 39.1 Å². The summed E-state index contributed by atoms with van der Waals surface area (Å²) in [5.74, 6) is -1.42. The van der Waals surface area contributed by atoms with Crippen LogP contribution in [-0.4, -0.2) is 64.4 Å². The van der Waals surface area contributed by atoms with E-state index in [2.05, 4.69) is 41.5 Å². The van der Waals surface area contributed by atoms with Crippen molar-refractivity contribution in [2.75, 3.05) is 30.8 Å². The molecule has 3 amide bonds. The Morgan fingerprint density at radius 1 is 1.18 bits per heavy atom. The maximum atomic E-state index is 14.5. The highest BCUT2D eigenvalue weighted by Gasteiger charge is 2.26. The maximum Gasteiger partial charge on any atom is 0.411 e. The number of rotatable bonds is 9. The summed E-state index contributed by atoms with van der Waals surface area (Å²) in [6, 6.07) is 7.55. The zero-order valence-corrected chi connectivity index (χ0v) is 21.9. The fraction of sp³-hybridized carbons (Fsp3) is 0.360. The average molecular weight is 559 g/mol. The van der Waals surface area contributed by atoms with Crippen LogP contribution in [0.1, 0.15) is 36.0 Å². The third-order valence-electron chi connectivity index (χ3n) is 6.40. The second-order valence-corrected chi connectivity index (χ2v) is 9.45. The third kappa shape index (κ3) is 7.48. The Labute approximate surface area is 228 Å². The molecule has 206 valence electrons. The van der Waals surface area contributed by atoms with Crippen LogP contribution in [0.4, 0.5) is 20.6 Å². The topological polar surface area (TPSA) is 152 Å². The van der Waals surface area contributed by atoms with Crippen molar-refractivity contribution in [1.29, 1.82) is 0 Å². The number of carbonyl (C=O) groups is 3. The number of hydrogen-bond donors (Lipinski definition) is 4. The summed E-state index contributed by atoms with van der Waals surface area (Å²) < 4.78 is 20.3. The van der Waals surface area contributed by atoms with Crippen LogP contribution >= 0.6 is 11.6 Å². The van der Waals surface area contributed by atoms with Gasteiger partial charge in [-0.2, -0.15) is 4.68 Å². The molecule has 0 saturated carbocycles. The van der Waals surface area contributed by atoms with Gasteiger partial charge in [0.15, 0.2) is 0 Å². The third-order valence-corrected chi connectivity index (χ3v) is 6.64. The molecule has 4 rings (SSSR count). The minimum absolute atomic E-state index is 0.105. The largest absolute Gasteiger partial charge is 0.453 e. The van der Waals surface area contributed by atoms with Gasteiger partial charge < -0.3 is 20.7 Å². The minimum atomic E-state index is -0.927. The number of carbonyl (C=O) groups excluding carboxylic acids is 3. The summed E-state index contributed by atoms with van der Waals surface area (Å²) in [5.41, 5.74) is 0.617. The number of nitrogens with zero attached hydrogens (tertiary/aromatic N) is 4. The van der Waals surface area contributed by atoms with Gasteiger partial charge in [0.1, 0.15) is 18.2 Å². The van der Waals surface area contributed by atoms with Gasteiger partial charge in [-0.25, -0.2) is 9.18 Å². The Hall–Kier alpha value is -4.10. The molecule has 0 bridgehead atoms. The average Bonchev–Trinajstić information content (AvgIpc) is 3.47. The van der Waals surface area contributed by atoms with Crippen molar-refractivity contribution in [1.82, 2.24) is 30.8 Å². The van der Waals surface area contributed by atoms with Crippen LogP contribution in [0.2, 0.25) is 5.02 Å². The molecule has 2 heterocycles. The molecule has 0 radical (unpaired) electrons. The molecule has 14 heteroatoms. The van der Waals surface area contributed by atoms with Crippen molar-refractivity contribution in [3.8, 4) is 5.69 Å². The fourth-order valence-corrected chi connectivity index (χ4v) is 4.50. The van der Waals surface area contributed by atoms with Gasteiger partial charge in [0.2, 0.25) is 5.91 Å². The molecule has 39 heavy (non-hydrogen) atoms.